The third-order valence-corrected chi connectivity index (χ3v) is 5.66. The standard InChI is InChI=1S/C14H22N2S2.C3H6O2/c1-3-15(4-2)17-13-7-9-14(10-8-13)18-16-11-5-6-12-16;1-2-5-3-4/h7-10H,3-6,11-12H2,1-2H3;3H,2H2,1H3. The molecule has 0 N–H and O–H groups in total. The van der Waals surface area contributed by atoms with Crippen LogP contribution in [-0.4, -0.2) is 47.9 Å². The number of rotatable bonds is 8. The minimum Gasteiger partial charge on any atom is -0.468 e. The van der Waals surface area contributed by atoms with Crippen LogP contribution in [0.4, 0.5) is 0 Å². The Morgan fingerprint density at radius 3 is 2.09 bits per heavy atom. The molecule has 2 rings (SSSR count). The van der Waals surface area contributed by atoms with Gasteiger partial charge in [-0.2, -0.15) is 0 Å². The van der Waals surface area contributed by atoms with Gasteiger partial charge < -0.3 is 4.74 Å². The highest BCUT2D eigenvalue weighted by Crippen LogP contribution is 2.29. The van der Waals surface area contributed by atoms with Crippen LogP contribution in [-0.2, 0) is 9.53 Å². The predicted octanol–water partition coefficient (Wildman–Crippen LogP) is 4.32. The van der Waals surface area contributed by atoms with E-state index in [2.05, 4.69) is 51.5 Å². The molecule has 1 saturated heterocycles. The van der Waals surface area contributed by atoms with Gasteiger partial charge >= 0.3 is 0 Å². The quantitative estimate of drug-likeness (QED) is 0.510. The molecular formula is C17H28N2O2S2. The van der Waals surface area contributed by atoms with Gasteiger partial charge in [0.05, 0.1) is 6.61 Å². The molecule has 1 aromatic carbocycles. The minimum absolute atomic E-state index is 0.431. The van der Waals surface area contributed by atoms with Gasteiger partial charge in [-0.1, -0.05) is 13.8 Å². The van der Waals surface area contributed by atoms with E-state index >= 15 is 0 Å². The summed E-state index contributed by atoms with van der Waals surface area (Å²) in [5.41, 5.74) is 0. The van der Waals surface area contributed by atoms with Crippen molar-refractivity contribution in [3.8, 4) is 0 Å². The molecule has 1 heterocycles. The van der Waals surface area contributed by atoms with Crippen molar-refractivity contribution in [2.75, 3.05) is 32.8 Å². The van der Waals surface area contributed by atoms with Gasteiger partial charge in [0, 0.05) is 36.0 Å². The van der Waals surface area contributed by atoms with Crippen LogP contribution in [0.3, 0.4) is 0 Å². The molecular weight excluding hydrogens is 328 g/mol. The molecule has 0 aliphatic carbocycles. The number of nitrogens with zero attached hydrogens (tertiary/aromatic N) is 2. The van der Waals surface area contributed by atoms with Crippen molar-refractivity contribution in [3.63, 3.8) is 0 Å². The first-order valence-corrected chi connectivity index (χ1v) is 9.79. The Hall–Kier alpha value is -0.690. The van der Waals surface area contributed by atoms with E-state index in [1.807, 2.05) is 23.9 Å². The number of carbonyl (C=O) groups is 1. The second-order valence-corrected chi connectivity index (χ2v) is 7.30. The highest BCUT2D eigenvalue weighted by molar-refractivity contribution is 7.97. The summed E-state index contributed by atoms with van der Waals surface area (Å²) in [6.07, 6.45) is 2.70. The van der Waals surface area contributed by atoms with Crippen LogP contribution < -0.4 is 0 Å². The topological polar surface area (TPSA) is 32.8 Å². The molecule has 1 fully saturated rings. The van der Waals surface area contributed by atoms with E-state index in [1.54, 1.807) is 6.92 Å². The molecule has 0 saturated carbocycles. The lowest BCUT2D eigenvalue weighted by atomic mass is 10.4. The third kappa shape index (κ3) is 8.65. The van der Waals surface area contributed by atoms with Gasteiger partial charge in [-0.25, -0.2) is 8.61 Å². The summed E-state index contributed by atoms with van der Waals surface area (Å²) in [7, 11) is 0. The van der Waals surface area contributed by atoms with Gasteiger partial charge in [0.1, 0.15) is 0 Å². The monoisotopic (exact) mass is 356 g/mol. The van der Waals surface area contributed by atoms with E-state index in [0.29, 0.717) is 13.1 Å². The molecule has 23 heavy (non-hydrogen) atoms. The number of hydrogen-bond acceptors (Lipinski definition) is 6. The first-order valence-electron chi connectivity index (χ1n) is 8.24. The Balaban J connectivity index is 0.000000463. The van der Waals surface area contributed by atoms with Crippen molar-refractivity contribution in [3.05, 3.63) is 24.3 Å². The van der Waals surface area contributed by atoms with E-state index < -0.39 is 0 Å². The largest absolute Gasteiger partial charge is 0.468 e. The molecule has 0 bridgehead atoms. The zero-order valence-corrected chi connectivity index (χ0v) is 16.0. The smallest absolute Gasteiger partial charge is 0.293 e. The van der Waals surface area contributed by atoms with Gasteiger partial charge in [-0.3, -0.25) is 4.79 Å². The maximum atomic E-state index is 9.18. The fraction of sp³-hybridized carbons (Fsp3) is 0.588. The minimum atomic E-state index is 0.431. The lowest BCUT2D eigenvalue weighted by Gasteiger charge is -2.17. The van der Waals surface area contributed by atoms with E-state index in [4.69, 9.17) is 0 Å². The molecule has 0 atom stereocenters. The average molecular weight is 357 g/mol. The Kier molecular flexibility index (Phi) is 11.2. The molecule has 6 heteroatoms. The van der Waals surface area contributed by atoms with Gasteiger partial charge in [0.2, 0.25) is 0 Å². The molecule has 1 aromatic rings. The summed E-state index contributed by atoms with van der Waals surface area (Å²) in [5.74, 6) is 0. The fourth-order valence-corrected chi connectivity index (χ4v) is 3.87. The maximum absolute atomic E-state index is 9.18. The van der Waals surface area contributed by atoms with Crippen molar-refractivity contribution in [1.29, 1.82) is 0 Å². The molecule has 1 aliphatic rings. The number of carbonyl (C=O) groups excluding carboxylic acids is 1. The first-order chi connectivity index (χ1) is 11.2. The van der Waals surface area contributed by atoms with Crippen molar-refractivity contribution in [1.82, 2.24) is 8.61 Å². The predicted molar refractivity (Wildman–Crippen MR) is 99.6 cm³/mol. The lowest BCUT2D eigenvalue weighted by Crippen LogP contribution is -2.13. The van der Waals surface area contributed by atoms with E-state index in [9.17, 15) is 4.79 Å². The average Bonchev–Trinajstić information content (AvgIpc) is 3.08. The van der Waals surface area contributed by atoms with Crippen LogP contribution >= 0.6 is 23.9 Å². The zero-order chi connectivity index (χ0) is 16.9. The summed E-state index contributed by atoms with van der Waals surface area (Å²) in [6, 6.07) is 8.96. The lowest BCUT2D eigenvalue weighted by molar-refractivity contribution is -0.128. The highest BCUT2D eigenvalue weighted by atomic mass is 32.2. The number of benzene rings is 1. The molecule has 0 spiro atoms. The SMILES string of the molecule is CCN(CC)Sc1ccc(SN2CCCC2)cc1.CCOC=O. The van der Waals surface area contributed by atoms with E-state index in [-0.39, 0.29) is 0 Å². The summed E-state index contributed by atoms with van der Waals surface area (Å²) in [6.45, 7) is 11.7. The highest BCUT2D eigenvalue weighted by Gasteiger charge is 2.12. The summed E-state index contributed by atoms with van der Waals surface area (Å²) < 4.78 is 8.98. The van der Waals surface area contributed by atoms with Gasteiger partial charge in [0.15, 0.2) is 0 Å². The molecule has 0 aromatic heterocycles. The van der Waals surface area contributed by atoms with Crippen molar-refractivity contribution in [2.45, 2.75) is 43.4 Å². The summed E-state index contributed by atoms with van der Waals surface area (Å²) >= 11 is 3.75. The molecule has 4 nitrogen and oxygen atoms in total. The van der Waals surface area contributed by atoms with Crippen LogP contribution in [0.1, 0.15) is 33.6 Å². The normalized spacial score (nSPS) is 14.4. The second-order valence-electron chi connectivity index (χ2n) is 4.96. The Bertz CT molecular complexity index is 396. The maximum Gasteiger partial charge on any atom is 0.293 e. The molecule has 0 radical (unpaired) electrons. The zero-order valence-electron chi connectivity index (χ0n) is 14.4. The Labute approximate surface area is 149 Å². The third-order valence-electron chi connectivity index (χ3n) is 3.30. The molecule has 0 amide bonds. The summed E-state index contributed by atoms with van der Waals surface area (Å²) in [4.78, 5) is 11.9. The number of hydrogen-bond donors (Lipinski definition) is 0. The van der Waals surface area contributed by atoms with Gasteiger partial charge in [-0.05, 0) is 67.9 Å². The van der Waals surface area contributed by atoms with Crippen LogP contribution in [0, 0.1) is 0 Å². The van der Waals surface area contributed by atoms with Crippen LogP contribution in [0.2, 0.25) is 0 Å². The van der Waals surface area contributed by atoms with Crippen molar-refractivity contribution in [2.24, 2.45) is 0 Å². The molecule has 0 unspecified atom stereocenters. The molecule has 130 valence electrons. The van der Waals surface area contributed by atoms with Crippen LogP contribution in [0.5, 0.6) is 0 Å². The number of ether oxygens (including phenoxy) is 1. The van der Waals surface area contributed by atoms with Crippen molar-refractivity contribution < 1.29 is 9.53 Å². The Morgan fingerprint density at radius 1 is 1.09 bits per heavy atom. The first kappa shape index (κ1) is 20.4. The Morgan fingerprint density at radius 2 is 1.65 bits per heavy atom. The van der Waals surface area contributed by atoms with Gasteiger partial charge in [0.25, 0.3) is 6.47 Å². The fourth-order valence-electron chi connectivity index (χ4n) is 2.06. The van der Waals surface area contributed by atoms with Crippen LogP contribution in [0.15, 0.2) is 34.1 Å². The molecule has 1 aliphatic heterocycles. The van der Waals surface area contributed by atoms with E-state index in [1.165, 1.54) is 35.7 Å². The van der Waals surface area contributed by atoms with E-state index in [0.717, 1.165) is 13.1 Å². The summed E-state index contributed by atoms with van der Waals surface area (Å²) in [5, 5.41) is 0. The van der Waals surface area contributed by atoms with Gasteiger partial charge in [-0.15, -0.1) is 0 Å². The van der Waals surface area contributed by atoms with Crippen molar-refractivity contribution >= 4 is 30.4 Å². The second kappa shape index (κ2) is 12.7. The van der Waals surface area contributed by atoms with Crippen LogP contribution in [0.25, 0.3) is 0 Å².